The predicted octanol–water partition coefficient (Wildman–Crippen LogP) is 1.77. The van der Waals surface area contributed by atoms with Crippen LogP contribution in [0.1, 0.15) is 30.4 Å². The van der Waals surface area contributed by atoms with Crippen LogP contribution in [0, 0.1) is 0 Å². The number of hydrogen-bond donors (Lipinski definition) is 1. The molecule has 0 unspecified atom stereocenters. The van der Waals surface area contributed by atoms with Crippen LogP contribution in [0.5, 0.6) is 0 Å². The number of nitrogens with one attached hydrogen (secondary N) is 1. The molecular weight excluding hydrogens is 238 g/mol. The molecular formula is C12H18ClN3O. The molecule has 0 saturated carbocycles. The van der Waals surface area contributed by atoms with E-state index in [0.29, 0.717) is 10.7 Å². The highest BCUT2D eigenvalue weighted by molar-refractivity contribution is 6.31. The number of carbonyl (C=O) groups excluding carboxylic acids is 1. The second-order valence-corrected chi connectivity index (χ2v) is 5.02. The van der Waals surface area contributed by atoms with Crippen molar-refractivity contribution >= 4 is 17.5 Å². The predicted molar refractivity (Wildman–Crippen MR) is 68.6 cm³/mol. The zero-order chi connectivity index (χ0) is 12.4. The van der Waals surface area contributed by atoms with Crippen molar-refractivity contribution in [3.8, 4) is 0 Å². The van der Waals surface area contributed by atoms with Crippen LogP contribution in [-0.4, -0.2) is 41.6 Å². The number of amides is 1. The molecule has 4 nitrogen and oxygen atoms in total. The Kier molecular flexibility index (Phi) is 3.74. The van der Waals surface area contributed by atoms with E-state index in [1.54, 1.807) is 6.07 Å². The highest BCUT2D eigenvalue weighted by Crippen LogP contribution is 2.20. The summed E-state index contributed by atoms with van der Waals surface area (Å²) in [6.45, 7) is 7.35. The summed E-state index contributed by atoms with van der Waals surface area (Å²) in [5, 5.41) is 3.86. The van der Waals surface area contributed by atoms with Gasteiger partial charge in [-0.1, -0.05) is 11.6 Å². The quantitative estimate of drug-likeness (QED) is 0.875. The van der Waals surface area contributed by atoms with E-state index in [1.165, 1.54) is 0 Å². The molecule has 0 bridgehead atoms. The Labute approximate surface area is 107 Å². The molecule has 0 aliphatic carbocycles. The Morgan fingerprint density at radius 2 is 2.06 bits per heavy atom. The SMILES string of the molecule is CC(C)n1cc(Cl)cc1C(=O)N1CCNCC1. The molecule has 2 rings (SSSR count). The van der Waals surface area contributed by atoms with Crippen molar-refractivity contribution in [1.82, 2.24) is 14.8 Å². The Morgan fingerprint density at radius 3 is 2.65 bits per heavy atom. The van der Waals surface area contributed by atoms with Crippen LogP contribution in [0.3, 0.4) is 0 Å². The molecule has 1 saturated heterocycles. The molecule has 0 aromatic carbocycles. The molecule has 1 aliphatic heterocycles. The lowest BCUT2D eigenvalue weighted by Gasteiger charge is -2.28. The fourth-order valence-corrected chi connectivity index (χ4v) is 2.28. The first-order valence-electron chi connectivity index (χ1n) is 5.97. The van der Waals surface area contributed by atoms with Crippen molar-refractivity contribution in [1.29, 1.82) is 0 Å². The maximum absolute atomic E-state index is 12.4. The summed E-state index contributed by atoms with van der Waals surface area (Å²) in [5.41, 5.74) is 0.687. The molecule has 1 amide bonds. The van der Waals surface area contributed by atoms with Crippen LogP contribution in [0.15, 0.2) is 12.3 Å². The third-order valence-electron chi connectivity index (χ3n) is 2.99. The first kappa shape index (κ1) is 12.5. The zero-order valence-electron chi connectivity index (χ0n) is 10.2. The van der Waals surface area contributed by atoms with Gasteiger partial charge in [0, 0.05) is 38.4 Å². The molecule has 1 aromatic rings. The van der Waals surface area contributed by atoms with E-state index in [0.717, 1.165) is 26.2 Å². The van der Waals surface area contributed by atoms with Crippen molar-refractivity contribution < 1.29 is 4.79 Å². The first-order chi connectivity index (χ1) is 8.09. The van der Waals surface area contributed by atoms with Gasteiger partial charge in [-0.2, -0.15) is 0 Å². The third-order valence-corrected chi connectivity index (χ3v) is 3.20. The van der Waals surface area contributed by atoms with Crippen LogP contribution in [0.2, 0.25) is 5.02 Å². The maximum Gasteiger partial charge on any atom is 0.270 e. The highest BCUT2D eigenvalue weighted by Gasteiger charge is 2.22. The van der Waals surface area contributed by atoms with E-state index in [9.17, 15) is 4.79 Å². The van der Waals surface area contributed by atoms with Gasteiger partial charge in [-0.25, -0.2) is 0 Å². The van der Waals surface area contributed by atoms with E-state index in [1.807, 2.05) is 29.5 Å². The van der Waals surface area contributed by atoms with Gasteiger partial charge in [0.1, 0.15) is 5.69 Å². The van der Waals surface area contributed by atoms with Crippen LogP contribution in [-0.2, 0) is 0 Å². The lowest BCUT2D eigenvalue weighted by atomic mass is 10.3. The van der Waals surface area contributed by atoms with Gasteiger partial charge < -0.3 is 14.8 Å². The van der Waals surface area contributed by atoms with E-state index < -0.39 is 0 Å². The van der Waals surface area contributed by atoms with Gasteiger partial charge in [0.25, 0.3) is 5.91 Å². The van der Waals surface area contributed by atoms with Gasteiger partial charge in [0.2, 0.25) is 0 Å². The standard InChI is InChI=1S/C12H18ClN3O/c1-9(2)16-8-10(13)7-11(16)12(17)15-5-3-14-4-6-15/h7-9,14H,3-6H2,1-2H3. The maximum atomic E-state index is 12.4. The number of piperazine rings is 1. The molecule has 1 fully saturated rings. The monoisotopic (exact) mass is 255 g/mol. The molecule has 0 radical (unpaired) electrons. The average Bonchev–Trinajstić information content (AvgIpc) is 2.72. The Morgan fingerprint density at radius 1 is 1.41 bits per heavy atom. The van der Waals surface area contributed by atoms with E-state index in [-0.39, 0.29) is 11.9 Å². The largest absolute Gasteiger partial charge is 0.339 e. The summed E-state index contributed by atoms with van der Waals surface area (Å²) >= 11 is 5.99. The smallest absolute Gasteiger partial charge is 0.270 e. The fraction of sp³-hybridized carbons (Fsp3) is 0.583. The lowest BCUT2D eigenvalue weighted by molar-refractivity contribution is 0.0723. The van der Waals surface area contributed by atoms with E-state index in [4.69, 9.17) is 11.6 Å². The summed E-state index contributed by atoms with van der Waals surface area (Å²) in [5.74, 6) is 0.0760. The first-order valence-corrected chi connectivity index (χ1v) is 6.34. The summed E-state index contributed by atoms with van der Waals surface area (Å²) in [7, 11) is 0. The van der Waals surface area contributed by atoms with E-state index >= 15 is 0 Å². The van der Waals surface area contributed by atoms with Gasteiger partial charge in [0.15, 0.2) is 0 Å². The molecule has 0 spiro atoms. The molecule has 17 heavy (non-hydrogen) atoms. The third kappa shape index (κ3) is 2.64. The molecule has 0 atom stereocenters. The number of hydrogen-bond acceptors (Lipinski definition) is 2. The topological polar surface area (TPSA) is 37.3 Å². The van der Waals surface area contributed by atoms with Crippen molar-refractivity contribution in [3.63, 3.8) is 0 Å². The van der Waals surface area contributed by atoms with E-state index in [2.05, 4.69) is 5.32 Å². The zero-order valence-corrected chi connectivity index (χ0v) is 11.0. The van der Waals surface area contributed by atoms with Gasteiger partial charge in [0.05, 0.1) is 5.02 Å². The van der Waals surface area contributed by atoms with Crippen molar-refractivity contribution in [2.75, 3.05) is 26.2 Å². The number of rotatable bonds is 2. The minimum atomic E-state index is 0.0760. The van der Waals surface area contributed by atoms with Crippen molar-refractivity contribution in [2.24, 2.45) is 0 Å². The fourth-order valence-electron chi connectivity index (χ4n) is 2.07. The number of nitrogens with zero attached hydrogens (tertiary/aromatic N) is 2. The van der Waals surface area contributed by atoms with Gasteiger partial charge in [-0.05, 0) is 19.9 Å². The number of carbonyl (C=O) groups is 1. The lowest BCUT2D eigenvalue weighted by Crippen LogP contribution is -2.46. The van der Waals surface area contributed by atoms with Crippen LogP contribution in [0.25, 0.3) is 0 Å². The molecule has 1 aliphatic rings. The summed E-state index contributed by atoms with van der Waals surface area (Å²) < 4.78 is 1.94. The molecule has 5 heteroatoms. The Hall–Kier alpha value is -1.00. The molecule has 1 aromatic heterocycles. The minimum Gasteiger partial charge on any atom is -0.339 e. The molecule has 2 heterocycles. The van der Waals surface area contributed by atoms with Gasteiger partial charge >= 0.3 is 0 Å². The Bertz CT molecular complexity index is 408. The summed E-state index contributed by atoms with van der Waals surface area (Å²) in [6.07, 6.45) is 1.82. The van der Waals surface area contributed by atoms with Crippen molar-refractivity contribution in [2.45, 2.75) is 19.9 Å². The average molecular weight is 256 g/mol. The number of halogens is 1. The van der Waals surface area contributed by atoms with Gasteiger partial charge in [-0.3, -0.25) is 4.79 Å². The second-order valence-electron chi connectivity index (χ2n) is 4.59. The second kappa shape index (κ2) is 5.10. The molecule has 94 valence electrons. The van der Waals surface area contributed by atoms with Crippen LogP contribution in [0.4, 0.5) is 0 Å². The summed E-state index contributed by atoms with van der Waals surface area (Å²) in [4.78, 5) is 14.2. The minimum absolute atomic E-state index is 0.0760. The Balaban J connectivity index is 2.23. The highest BCUT2D eigenvalue weighted by atomic mass is 35.5. The van der Waals surface area contributed by atoms with Gasteiger partial charge in [-0.15, -0.1) is 0 Å². The molecule has 1 N–H and O–H groups in total. The van der Waals surface area contributed by atoms with Crippen molar-refractivity contribution in [3.05, 3.63) is 23.0 Å². The summed E-state index contributed by atoms with van der Waals surface area (Å²) in [6, 6.07) is 2.00. The van der Waals surface area contributed by atoms with Crippen LogP contribution >= 0.6 is 11.6 Å². The van der Waals surface area contributed by atoms with Crippen LogP contribution < -0.4 is 5.32 Å². The number of aromatic nitrogens is 1. The normalized spacial score (nSPS) is 16.6.